The van der Waals surface area contributed by atoms with Crippen LogP contribution in [0.2, 0.25) is 0 Å². The first-order valence-electron chi connectivity index (χ1n) is 10.4. The van der Waals surface area contributed by atoms with Gasteiger partial charge in [-0.1, -0.05) is 12.1 Å². The van der Waals surface area contributed by atoms with Gasteiger partial charge >= 0.3 is 0 Å². The Hall–Kier alpha value is -2.69. The van der Waals surface area contributed by atoms with Gasteiger partial charge in [0.15, 0.2) is 0 Å². The van der Waals surface area contributed by atoms with Crippen molar-refractivity contribution in [2.24, 2.45) is 5.92 Å². The summed E-state index contributed by atoms with van der Waals surface area (Å²) in [6.07, 6.45) is 4.29. The number of carbonyl (C=O) groups excluding carboxylic acids is 2. The molecule has 0 radical (unpaired) electrons. The Morgan fingerprint density at radius 1 is 1.37 bits per heavy atom. The standard InChI is InChI=1S/C23H24N4O2S/c1-27-20-8-13(2-3-14(20)9-21(27)28)16-7-19(30-12-16)10-18(11-24)26-23(29)22-15-4-5-17(6-15)25-22/h2-3,7-8,12,15,17-18,22,25H,4-6,9-10H2,1H3,(H,26,29)/t15-,17+,18?,22-/m0/s1. The molecule has 5 rings (SSSR count). The number of rotatable bonds is 5. The molecule has 1 unspecified atom stereocenters. The minimum atomic E-state index is -0.534. The lowest BCUT2D eigenvalue weighted by atomic mass is 9.99. The van der Waals surface area contributed by atoms with E-state index in [1.807, 2.05) is 19.2 Å². The van der Waals surface area contributed by atoms with Crippen LogP contribution in [0.4, 0.5) is 5.69 Å². The zero-order valence-electron chi connectivity index (χ0n) is 16.9. The van der Waals surface area contributed by atoms with E-state index in [0.717, 1.165) is 46.5 Å². The molecule has 2 aromatic rings. The molecule has 2 N–H and O–H groups in total. The number of fused-ring (bicyclic) bond motifs is 3. The summed E-state index contributed by atoms with van der Waals surface area (Å²) < 4.78 is 0. The zero-order valence-corrected chi connectivity index (χ0v) is 17.7. The summed E-state index contributed by atoms with van der Waals surface area (Å²) in [4.78, 5) is 27.3. The Balaban J connectivity index is 1.26. The number of piperidine rings is 1. The van der Waals surface area contributed by atoms with Crippen LogP contribution in [0.15, 0.2) is 29.6 Å². The van der Waals surface area contributed by atoms with Crippen molar-refractivity contribution in [2.45, 2.75) is 50.2 Å². The molecule has 3 heterocycles. The first-order chi connectivity index (χ1) is 14.5. The number of benzene rings is 1. The lowest BCUT2D eigenvalue weighted by molar-refractivity contribution is -0.124. The molecule has 1 aromatic heterocycles. The number of hydrogen-bond donors (Lipinski definition) is 2. The van der Waals surface area contributed by atoms with Gasteiger partial charge in [-0.15, -0.1) is 11.3 Å². The lowest BCUT2D eigenvalue weighted by Gasteiger charge is -2.23. The maximum atomic E-state index is 12.6. The van der Waals surface area contributed by atoms with Crippen LogP contribution in [0, 0.1) is 17.2 Å². The van der Waals surface area contributed by atoms with Crippen LogP contribution >= 0.6 is 11.3 Å². The monoisotopic (exact) mass is 420 g/mol. The van der Waals surface area contributed by atoms with Gasteiger partial charge in [-0.05, 0) is 59.4 Å². The second kappa shape index (κ2) is 7.53. The molecule has 2 aliphatic heterocycles. The summed E-state index contributed by atoms with van der Waals surface area (Å²) in [5.74, 6) is 0.482. The summed E-state index contributed by atoms with van der Waals surface area (Å²) in [5.41, 5.74) is 4.15. The Morgan fingerprint density at radius 2 is 2.23 bits per heavy atom. The second-order valence-corrected chi connectivity index (χ2v) is 9.58. The fourth-order valence-electron chi connectivity index (χ4n) is 5.00. The minimum Gasteiger partial charge on any atom is -0.339 e. The lowest BCUT2D eigenvalue weighted by Crippen LogP contribution is -2.50. The van der Waals surface area contributed by atoms with Gasteiger partial charge in [0.1, 0.15) is 6.04 Å². The van der Waals surface area contributed by atoms with Gasteiger partial charge < -0.3 is 15.5 Å². The summed E-state index contributed by atoms with van der Waals surface area (Å²) in [6.45, 7) is 0. The predicted molar refractivity (Wildman–Crippen MR) is 116 cm³/mol. The molecule has 7 heteroatoms. The van der Waals surface area contributed by atoms with Crippen LogP contribution in [-0.4, -0.2) is 37.0 Å². The molecule has 4 atom stereocenters. The molecule has 154 valence electrons. The number of nitrogens with one attached hydrogen (secondary N) is 2. The molecule has 1 saturated carbocycles. The highest BCUT2D eigenvalue weighted by Crippen LogP contribution is 2.36. The van der Waals surface area contributed by atoms with Gasteiger partial charge in [0, 0.05) is 30.1 Å². The summed E-state index contributed by atoms with van der Waals surface area (Å²) in [7, 11) is 1.81. The highest BCUT2D eigenvalue weighted by molar-refractivity contribution is 7.10. The SMILES string of the molecule is CN1C(=O)Cc2ccc(-c3csc(CC(C#N)NC(=O)[C@H]4N[C@@H]5CC[C@H]4C5)c3)cc21. The van der Waals surface area contributed by atoms with E-state index in [9.17, 15) is 14.9 Å². The molecule has 2 fully saturated rings. The van der Waals surface area contributed by atoms with Crippen LogP contribution in [0.5, 0.6) is 0 Å². The van der Waals surface area contributed by atoms with Gasteiger partial charge in [0.05, 0.1) is 18.5 Å². The average molecular weight is 421 g/mol. The molecule has 6 nitrogen and oxygen atoms in total. The number of amides is 2. The number of likely N-dealkylation sites (N-methyl/N-ethyl adjacent to an activating group) is 1. The fraction of sp³-hybridized carbons (Fsp3) is 0.435. The number of nitriles is 1. The van der Waals surface area contributed by atoms with Crippen molar-refractivity contribution in [1.82, 2.24) is 10.6 Å². The summed E-state index contributed by atoms with van der Waals surface area (Å²) in [5, 5.41) is 18.0. The Kier molecular flexibility index (Phi) is 4.84. The molecule has 3 aliphatic rings. The van der Waals surface area contributed by atoms with E-state index in [0.29, 0.717) is 24.8 Å². The van der Waals surface area contributed by atoms with E-state index in [2.05, 4.69) is 34.2 Å². The molecule has 0 spiro atoms. The van der Waals surface area contributed by atoms with E-state index >= 15 is 0 Å². The Morgan fingerprint density at radius 3 is 2.97 bits per heavy atom. The number of hydrogen-bond acceptors (Lipinski definition) is 5. The number of nitrogens with zero attached hydrogens (tertiary/aromatic N) is 2. The number of carbonyl (C=O) groups is 2. The number of thiophene rings is 1. The van der Waals surface area contributed by atoms with Crippen molar-refractivity contribution in [2.75, 3.05) is 11.9 Å². The fourth-order valence-corrected chi connectivity index (χ4v) is 5.94. The van der Waals surface area contributed by atoms with Crippen molar-refractivity contribution >= 4 is 28.8 Å². The maximum absolute atomic E-state index is 12.6. The quantitative estimate of drug-likeness (QED) is 0.779. The molecule has 1 saturated heterocycles. The van der Waals surface area contributed by atoms with Crippen LogP contribution in [-0.2, 0) is 22.4 Å². The normalized spacial score (nSPS) is 25.3. The van der Waals surface area contributed by atoms with Crippen molar-refractivity contribution < 1.29 is 9.59 Å². The van der Waals surface area contributed by atoms with E-state index in [4.69, 9.17) is 0 Å². The van der Waals surface area contributed by atoms with Gasteiger partial charge in [0.2, 0.25) is 11.8 Å². The minimum absolute atomic E-state index is 0.0446. The molecule has 1 aromatic carbocycles. The molecule has 2 amide bonds. The first kappa shape index (κ1) is 19.3. The van der Waals surface area contributed by atoms with Gasteiger partial charge in [-0.2, -0.15) is 5.26 Å². The van der Waals surface area contributed by atoms with E-state index in [-0.39, 0.29) is 17.9 Å². The molecule has 1 aliphatic carbocycles. The van der Waals surface area contributed by atoms with Crippen molar-refractivity contribution in [3.8, 4) is 17.2 Å². The third kappa shape index (κ3) is 3.40. The van der Waals surface area contributed by atoms with E-state index in [1.165, 1.54) is 0 Å². The predicted octanol–water partition coefficient (Wildman–Crippen LogP) is 2.63. The molecular weight excluding hydrogens is 396 g/mol. The highest BCUT2D eigenvalue weighted by Gasteiger charge is 2.43. The third-order valence-electron chi connectivity index (χ3n) is 6.67. The van der Waals surface area contributed by atoms with Crippen molar-refractivity contribution in [1.29, 1.82) is 5.26 Å². The summed E-state index contributed by atoms with van der Waals surface area (Å²) in [6, 6.07) is 10.2. The maximum Gasteiger partial charge on any atom is 0.238 e. The highest BCUT2D eigenvalue weighted by atomic mass is 32.1. The van der Waals surface area contributed by atoms with Gasteiger partial charge in [-0.25, -0.2) is 0 Å². The van der Waals surface area contributed by atoms with Crippen LogP contribution in [0.1, 0.15) is 29.7 Å². The topological polar surface area (TPSA) is 85.2 Å². The average Bonchev–Trinajstić information content (AvgIpc) is 3.53. The van der Waals surface area contributed by atoms with Gasteiger partial charge in [-0.3, -0.25) is 9.59 Å². The summed E-state index contributed by atoms with van der Waals surface area (Å²) >= 11 is 1.60. The molecule has 2 bridgehead atoms. The van der Waals surface area contributed by atoms with Crippen LogP contribution in [0.3, 0.4) is 0 Å². The van der Waals surface area contributed by atoms with Crippen LogP contribution < -0.4 is 15.5 Å². The Bertz CT molecular complexity index is 1060. The van der Waals surface area contributed by atoms with Gasteiger partial charge in [0.25, 0.3) is 0 Å². The zero-order chi connectivity index (χ0) is 20.8. The van der Waals surface area contributed by atoms with Crippen LogP contribution in [0.25, 0.3) is 11.1 Å². The third-order valence-corrected chi connectivity index (χ3v) is 7.63. The van der Waals surface area contributed by atoms with E-state index in [1.54, 1.807) is 16.2 Å². The largest absolute Gasteiger partial charge is 0.339 e. The van der Waals surface area contributed by atoms with E-state index < -0.39 is 6.04 Å². The molecule has 30 heavy (non-hydrogen) atoms. The second-order valence-electron chi connectivity index (χ2n) is 8.58. The smallest absolute Gasteiger partial charge is 0.238 e. The number of anilines is 1. The molecular formula is C23H24N4O2S. The Labute approximate surface area is 179 Å². The van der Waals surface area contributed by atoms with Crippen molar-refractivity contribution in [3.05, 3.63) is 40.1 Å². The first-order valence-corrected chi connectivity index (χ1v) is 11.3. The van der Waals surface area contributed by atoms with Crippen molar-refractivity contribution in [3.63, 3.8) is 0 Å².